The minimum atomic E-state index is -4.45. The molecule has 0 aromatic heterocycles. The van der Waals surface area contributed by atoms with E-state index in [1.54, 1.807) is 0 Å². The normalized spacial score (nSPS) is 11.5. The largest absolute Gasteiger partial charge is 0.487 e. The van der Waals surface area contributed by atoms with Crippen LogP contribution >= 0.6 is 15.9 Å². The van der Waals surface area contributed by atoms with Gasteiger partial charge in [-0.3, -0.25) is 0 Å². The van der Waals surface area contributed by atoms with E-state index in [9.17, 15) is 17.6 Å². The average molecular weight is 364 g/mol. The van der Waals surface area contributed by atoms with E-state index in [0.717, 1.165) is 18.2 Å². The van der Waals surface area contributed by atoms with Crippen LogP contribution in [0.4, 0.5) is 23.2 Å². The lowest BCUT2D eigenvalue weighted by molar-refractivity contribution is -0.137. The van der Waals surface area contributed by atoms with E-state index in [0.29, 0.717) is 5.56 Å². The van der Waals surface area contributed by atoms with Gasteiger partial charge in [0.05, 0.1) is 15.7 Å². The van der Waals surface area contributed by atoms with Crippen LogP contribution in [0.1, 0.15) is 11.1 Å². The van der Waals surface area contributed by atoms with Crippen molar-refractivity contribution in [3.05, 3.63) is 57.8 Å². The van der Waals surface area contributed by atoms with Crippen molar-refractivity contribution in [1.29, 1.82) is 0 Å². The molecule has 0 saturated carbocycles. The van der Waals surface area contributed by atoms with Crippen LogP contribution in [0.15, 0.2) is 40.9 Å². The quantitative estimate of drug-likeness (QED) is 0.629. The van der Waals surface area contributed by atoms with E-state index in [2.05, 4.69) is 15.9 Å². The molecule has 2 rings (SSSR count). The molecule has 0 spiro atoms. The summed E-state index contributed by atoms with van der Waals surface area (Å²) in [6, 6.07) is 7.17. The Morgan fingerprint density at radius 1 is 1.10 bits per heavy atom. The maximum absolute atomic E-state index is 13.1. The number of halogens is 5. The number of rotatable bonds is 3. The van der Waals surface area contributed by atoms with Crippen molar-refractivity contribution in [3.8, 4) is 5.75 Å². The van der Waals surface area contributed by atoms with Gasteiger partial charge in [0, 0.05) is 0 Å². The second-order valence-corrected chi connectivity index (χ2v) is 5.14. The van der Waals surface area contributed by atoms with Crippen LogP contribution in [0.3, 0.4) is 0 Å². The van der Waals surface area contributed by atoms with Crippen LogP contribution in [0.25, 0.3) is 0 Å². The molecule has 112 valence electrons. The molecular formula is C14H10BrF4NO. The second kappa shape index (κ2) is 5.93. The fourth-order valence-electron chi connectivity index (χ4n) is 1.65. The van der Waals surface area contributed by atoms with Crippen LogP contribution in [0, 0.1) is 5.82 Å². The molecule has 21 heavy (non-hydrogen) atoms. The van der Waals surface area contributed by atoms with Gasteiger partial charge in [-0.05, 0) is 51.8 Å². The summed E-state index contributed by atoms with van der Waals surface area (Å²) in [6.07, 6.45) is -4.45. The number of anilines is 1. The number of nitrogen functional groups attached to an aromatic ring is 1. The van der Waals surface area contributed by atoms with Crippen LogP contribution in [0.2, 0.25) is 0 Å². The summed E-state index contributed by atoms with van der Waals surface area (Å²) in [4.78, 5) is 0. The predicted octanol–water partition coefficient (Wildman–Crippen LogP) is 4.77. The monoisotopic (exact) mass is 363 g/mol. The van der Waals surface area contributed by atoms with Crippen LogP contribution < -0.4 is 10.5 Å². The molecule has 0 aliphatic rings. The molecule has 0 radical (unpaired) electrons. The highest BCUT2D eigenvalue weighted by Gasteiger charge is 2.30. The lowest BCUT2D eigenvalue weighted by Gasteiger charge is -2.12. The van der Waals surface area contributed by atoms with Gasteiger partial charge in [0.15, 0.2) is 0 Å². The third-order valence-electron chi connectivity index (χ3n) is 2.72. The maximum atomic E-state index is 13.1. The molecule has 7 heteroatoms. The highest BCUT2D eigenvalue weighted by atomic mass is 79.9. The van der Waals surface area contributed by atoms with Crippen molar-refractivity contribution in [2.75, 3.05) is 5.73 Å². The first-order valence-corrected chi connectivity index (χ1v) is 6.60. The zero-order chi connectivity index (χ0) is 15.6. The van der Waals surface area contributed by atoms with E-state index in [-0.39, 0.29) is 22.5 Å². The summed E-state index contributed by atoms with van der Waals surface area (Å²) in [5, 5.41) is 0. The molecular weight excluding hydrogens is 354 g/mol. The Morgan fingerprint density at radius 3 is 2.38 bits per heavy atom. The molecule has 2 aromatic rings. The number of benzene rings is 2. The van der Waals surface area contributed by atoms with Crippen molar-refractivity contribution in [1.82, 2.24) is 0 Å². The van der Waals surface area contributed by atoms with Gasteiger partial charge >= 0.3 is 6.18 Å². The Hall–Kier alpha value is -1.76. The highest BCUT2D eigenvalue weighted by Crippen LogP contribution is 2.34. The summed E-state index contributed by atoms with van der Waals surface area (Å²) in [5.74, 6) is -0.267. The van der Waals surface area contributed by atoms with Crippen molar-refractivity contribution in [3.63, 3.8) is 0 Å². The first kappa shape index (κ1) is 15.6. The number of ether oxygens (including phenoxy) is 1. The molecule has 0 amide bonds. The molecule has 0 fully saturated rings. The molecule has 2 N–H and O–H groups in total. The molecule has 0 heterocycles. The maximum Gasteiger partial charge on any atom is 0.416 e. The lowest BCUT2D eigenvalue weighted by atomic mass is 10.2. The SMILES string of the molecule is Nc1cc(C(F)(F)F)ccc1OCc1ccc(F)c(Br)c1. The average Bonchev–Trinajstić information content (AvgIpc) is 2.40. The third-order valence-corrected chi connectivity index (χ3v) is 3.32. The smallest absolute Gasteiger partial charge is 0.416 e. The van der Waals surface area contributed by atoms with E-state index >= 15 is 0 Å². The van der Waals surface area contributed by atoms with Crippen molar-refractivity contribution in [2.45, 2.75) is 12.8 Å². The zero-order valence-electron chi connectivity index (χ0n) is 10.5. The topological polar surface area (TPSA) is 35.2 Å². The summed E-state index contributed by atoms with van der Waals surface area (Å²) < 4.78 is 56.2. The molecule has 0 aliphatic carbocycles. The molecule has 0 aliphatic heterocycles. The first-order valence-electron chi connectivity index (χ1n) is 5.81. The molecule has 0 saturated heterocycles. The summed E-state index contributed by atoms with van der Waals surface area (Å²) in [5.41, 5.74) is 5.26. The minimum absolute atomic E-state index is 0.0639. The Labute approximate surface area is 126 Å². The van der Waals surface area contributed by atoms with Gasteiger partial charge < -0.3 is 10.5 Å². The van der Waals surface area contributed by atoms with Gasteiger partial charge in [0.25, 0.3) is 0 Å². The van der Waals surface area contributed by atoms with E-state index < -0.39 is 17.6 Å². The Morgan fingerprint density at radius 2 is 1.81 bits per heavy atom. The molecule has 0 unspecified atom stereocenters. The third kappa shape index (κ3) is 3.87. The Kier molecular flexibility index (Phi) is 4.41. The first-order chi connectivity index (χ1) is 9.77. The van der Waals surface area contributed by atoms with Crippen molar-refractivity contribution < 1.29 is 22.3 Å². The number of hydrogen-bond donors (Lipinski definition) is 1. The predicted molar refractivity (Wildman–Crippen MR) is 74.3 cm³/mol. The van der Waals surface area contributed by atoms with Crippen LogP contribution in [-0.4, -0.2) is 0 Å². The summed E-state index contributed by atoms with van der Waals surface area (Å²) >= 11 is 3.04. The fourth-order valence-corrected chi connectivity index (χ4v) is 2.07. The second-order valence-electron chi connectivity index (χ2n) is 4.29. The van der Waals surface area contributed by atoms with Gasteiger partial charge in [0.1, 0.15) is 18.2 Å². The van der Waals surface area contributed by atoms with E-state index in [1.807, 2.05) is 0 Å². The Bertz CT molecular complexity index is 658. The van der Waals surface area contributed by atoms with Gasteiger partial charge in [-0.1, -0.05) is 6.07 Å². The number of nitrogens with two attached hydrogens (primary N) is 1. The van der Waals surface area contributed by atoms with Crippen LogP contribution in [0.5, 0.6) is 5.75 Å². The molecule has 2 nitrogen and oxygen atoms in total. The molecule has 2 aromatic carbocycles. The van der Waals surface area contributed by atoms with Gasteiger partial charge in [-0.25, -0.2) is 4.39 Å². The van der Waals surface area contributed by atoms with Crippen molar-refractivity contribution in [2.24, 2.45) is 0 Å². The van der Waals surface area contributed by atoms with E-state index in [1.165, 1.54) is 18.2 Å². The van der Waals surface area contributed by atoms with Crippen molar-refractivity contribution >= 4 is 21.6 Å². The van der Waals surface area contributed by atoms with E-state index in [4.69, 9.17) is 10.5 Å². The molecule has 0 atom stereocenters. The van der Waals surface area contributed by atoms with Gasteiger partial charge in [0.2, 0.25) is 0 Å². The standard InChI is InChI=1S/C14H10BrF4NO/c15-10-5-8(1-3-11(10)16)7-21-13-4-2-9(6-12(13)20)14(17,18)19/h1-6H,7,20H2. The number of alkyl halides is 3. The minimum Gasteiger partial charge on any atom is -0.487 e. The fraction of sp³-hybridized carbons (Fsp3) is 0.143. The lowest BCUT2D eigenvalue weighted by Crippen LogP contribution is -2.06. The number of hydrogen-bond acceptors (Lipinski definition) is 2. The van der Waals surface area contributed by atoms with Crippen LogP contribution in [-0.2, 0) is 12.8 Å². The molecule has 0 bridgehead atoms. The van der Waals surface area contributed by atoms with Gasteiger partial charge in [-0.2, -0.15) is 13.2 Å². The van der Waals surface area contributed by atoms with Gasteiger partial charge in [-0.15, -0.1) is 0 Å². The summed E-state index contributed by atoms with van der Waals surface area (Å²) in [7, 11) is 0. The highest BCUT2D eigenvalue weighted by molar-refractivity contribution is 9.10. The summed E-state index contributed by atoms with van der Waals surface area (Å²) in [6.45, 7) is 0.0639. The Balaban J connectivity index is 2.11. The zero-order valence-corrected chi connectivity index (χ0v) is 12.1.